The zero-order chi connectivity index (χ0) is 23.1. The van der Waals surface area contributed by atoms with E-state index in [0.29, 0.717) is 20.9 Å². The fraction of sp³-hybridized carbons (Fsp3) is 0.120. The van der Waals surface area contributed by atoms with Crippen molar-refractivity contribution in [3.8, 4) is 11.3 Å². The summed E-state index contributed by atoms with van der Waals surface area (Å²) in [6, 6.07) is 20.9. The van der Waals surface area contributed by atoms with E-state index in [4.69, 9.17) is 39.8 Å². The summed E-state index contributed by atoms with van der Waals surface area (Å²) in [6.45, 7) is 2.05. The zero-order valence-electron chi connectivity index (χ0n) is 17.4. The van der Waals surface area contributed by atoms with E-state index in [9.17, 15) is 0 Å². The van der Waals surface area contributed by atoms with E-state index in [1.807, 2.05) is 54.6 Å². The first kappa shape index (κ1) is 22.4. The van der Waals surface area contributed by atoms with Crippen molar-refractivity contribution >= 4 is 62.1 Å². The number of aromatic nitrogens is 1. The van der Waals surface area contributed by atoms with Crippen LogP contribution in [0.15, 0.2) is 81.8 Å². The molecule has 1 aliphatic rings. The van der Waals surface area contributed by atoms with Crippen LogP contribution in [0.3, 0.4) is 0 Å². The van der Waals surface area contributed by atoms with Gasteiger partial charge in [-0.2, -0.15) is 0 Å². The summed E-state index contributed by atoms with van der Waals surface area (Å²) in [7, 11) is 0. The summed E-state index contributed by atoms with van der Waals surface area (Å²) in [5.41, 5.74) is 3.70. The minimum Gasteiger partial charge on any atom is -0.459 e. The summed E-state index contributed by atoms with van der Waals surface area (Å²) in [4.78, 5) is 6.66. The second-order valence-electron chi connectivity index (χ2n) is 7.73. The van der Waals surface area contributed by atoms with Crippen LogP contribution in [0.4, 0.5) is 5.69 Å². The number of furan rings is 1. The van der Waals surface area contributed by atoms with E-state index in [2.05, 4.69) is 44.1 Å². The topological polar surface area (TPSA) is 41.3 Å². The molecule has 4 nitrogen and oxygen atoms in total. The van der Waals surface area contributed by atoms with Gasteiger partial charge in [-0.05, 0) is 79.3 Å². The maximum absolute atomic E-state index is 6.45. The van der Waals surface area contributed by atoms with Crippen LogP contribution in [0.2, 0.25) is 10.0 Å². The second-order valence-corrected chi connectivity index (χ2v) is 9.76. The van der Waals surface area contributed by atoms with Crippen LogP contribution in [0.5, 0.6) is 0 Å². The quantitative estimate of drug-likeness (QED) is 0.258. The van der Waals surface area contributed by atoms with Gasteiger partial charge in [0.05, 0.1) is 21.8 Å². The predicted molar refractivity (Wildman–Crippen MR) is 141 cm³/mol. The molecule has 166 valence electrons. The Balaban J connectivity index is 1.62. The van der Waals surface area contributed by atoms with E-state index < -0.39 is 0 Å². The molecule has 4 aromatic rings. The minimum atomic E-state index is -0.250. The molecule has 2 aromatic heterocycles. The summed E-state index contributed by atoms with van der Waals surface area (Å²) >= 11 is 22.1. The van der Waals surface area contributed by atoms with Gasteiger partial charge in [-0.1, -0.05) is 51.3 Å². The van der Waals surface area contributed by atoms with Crippen LogP contribution in [0.1, 0.15) is 29.1 Å². The third-order valence-corrected chi connectivity index (χ3v) is 7.68. The van der Waals surface area contributed by atoms with Crippen molar-refractivity contribution in [2.75, 3.05) is 4.90 Å². The highest BCUT2D eigenvalue weighted by Gasteiger charge is 2.42. The number of aryl methyl sites for hydroxylation is 1. The van der Waals surface area contributed by atoms with E-state index in [-0.39, 0.29) is 12.1 Å². The van der Waals surface area contributed by atoms with Crippen molar-refractivity contribution in [1.82, 2.24) is 10.3 Å². The van der Waals surface area contributed by atoms with Crippen molar-refractivity contribution in [2.45, 2.75) is 19.0 Å². The molecule has 0 bridgehead atoms. The van der Waals surface area contributed by atoms with Crippen molar-refractivity contribution in [1.29, 1.82) is 0 Å². The molecule has 33 heavy (non-hydrogen) atoms. The summed E-state index contributed by atoms with van der Waals surface area (Å²) in [5, 5.41) is 5.00. The average molecular weight is 559 g/mol. The van der Waals surface area contributed by atoms with Gasteiger partial charge in [-0.25, -0.2) is 0 Å². The maximum Gasteiger partial charge on any atom is 0.174 e. The molecule has 1 saturated heterocycles. The molecule has 1 aliphatic heterocycles. The molecule has 0 amide bonds. The monoisotopic (exact) mass is 557 g/mol. The van der Waals surface area contributed by atoms with Crippen molar-refractivity contribution < 1.29 is 4.42 Å². The van der Waals surface area contributed by atoms with Crippen LogP contribution in [0.25, 0.3) is 11.3 Å². The highest BCUT2D eigenvalue weighted by Crippen LogP contribution is 2.44. The van der Waals surface area contributed by atoms with Crippen molar-refractivity contribution in [3.63, 3.8) is 0 Å². The van der Waals surface area contributed by atoms with Gasteiger partial charge in [0.15, 0.2) is 5.11 Å². The first-order chi connectivity index (χ1) is 15.9. The number of rotatable bonds is 4. The fourth-order valence-electron chi connectivity index (χ4n) is 4.05. The number of halogens is 3. The summed E-state index contributed by atoms with van der Waals surface area (Å²) < 4.78 is 7.41. The number of hydrogen-bond donors (Lipinski definition) is 1. The number of thiocarbonyl (C=S) groups is 1. The lowest BCUT2D eigenvalue weighted by atomic mass is 10.0. The van der Waals surface area contributed by atoms with Crippen LogP contribution in [-0.2, 0) is 0 Å². The van der Waals surface area contributed by atoms with Gasteiger partial charge in [-0.15, -0.1) is 0 Å². The molecule has 8 heteroatoms. The van der Waals surface area contributed by atoms with Gasteiger partial charge in [0.2, 0.25) is 0 Å². The van der Waals surface area contributed by atoms with Crippen LogP contribution < -0.4 is 10.2 Å². The van der Waals surface area contributed by atoms with E-state index in [0.717, 1.165) is 32.7 Å². The SMILES string of the molecule is Cc1cc(N2C(=S)NC(c3ccccn3)C2c2ccc(-c3cccc(Cl)c3Cl)o2)ccc1Br. The molecule has 2 aromatic carbocycles. The lowest BCUT2D eigenvalue weighted by Gasteiger charge is -2.26. The first-order valence-electron chi connectivity index (χ1n) is 10.2. The Labute approximate surface area is 215 Å². The van der Waals surface area contributed by atoms with E-state index >= 15 is 0 Å². The second kappa shape index (κ2) is 9.11. The molecule has 1 N–H and O–H groups in total. The average Bonchev–Trinajstić information content (AvgIpc) is 3.43. The Bertz CT molecular complexity index is 1340. The molecule has 0 radical (unpaired) electrons. The number of nitrogens with one attached hydrogen (secondary N) is 1. The maximum atomic E-state index is 6.45. The third-order valence-electron chi connectivity index (χ3n) is 5.65. The summed E-state index contributed by atoms with van der Waals surface area (Å²) in [5.74, 6) is 1.38. The lowest BCUT2D eigenvalue weighted by Crippen LogP contribution is -2.29. The van der Waals surface area contributed by atoms with Gasteiger partial charge in [-0.3, -0.25) is 4.98 Å². The first-order valence-corrected chi connectivity index (χ1v) is 12.2. The van der Waals surface area contributed by atoms with Crippen LogP contribution in [-0.4, -0.2) is 10.1 Å². The number of anilines is 1. The van der Waals surface area contributed by atoms with Gasteiger partial charge in [0.1, 0.15) is 17.6 Å². The predicted octanol–water partition coefficient (Wildman–Crippen LogP) is 7.90. The molecule has 0 saturated carbocycles. The van der Waals surface area contributed by atoms with Crippen LogP contribution >= 0.6 is 51.3 Å². The largest absolute Gasteiger partial charge is 0.459 e. The molecule has 5 rings (SSSR count). The van der Waals surface area contributed by atoms with Crippen molar-refractivity contribution in [3.05, 3.63) is 104 Å². The Hall–Kier alpha value is -2.38. The number of hydrogen-bond acceptors (Lipinski definition) is 3. The standard InChI is InChI=1S/C25H18BrCl2N3OS/c1-14-13-15(8-9-17(14)26)31-24(23(30-25(31)33)19-7-2-3-12-29-19)21-11-10-20(32-21)16-5-4-6-18(27)22(16)28/h2-13,23-24H,1H3,(H,30,33). The molecule has 0 aliphatic carbocycles. The zero-order valence-corrected chi connectivity index (χ0v) is 21.3. The van der Waals surface area contributed by atoms with Crippen molar-refractivity contribution in [2.24, 2.45) is 0 Å². The fourth-order valence-corrected chi connectivity index (χ4v) is 5.04. The molecular formula is C25H18BrCl2N3OS. The van der Waals surface area contributed by atoms with Gasteiger partial charge in [0, 0.05) is 21.9 Å². The highest BCUT2D eigenvalue weighted by molar-refractivity contribution is 9.10. The molecule has 2 unspecified atom stereocenters. The Morgan fingerprint density at radius 3 is 2.67 bits per heavy atom. The molecule has 3 heterocycles. The summed E-state index contributed by atoms with van der Waals surface area (Å²) in [6.07, 6.45) is 1.78. The smallest absolute Gasteiger partial charge is 0.174 e. The molecule has 2 atom stereocenters. The minimum absolute atomic E-state index is 0.198. The Kier molecular flexibility index (Phi) is 6.18. The molecular weight excluding hydrogens is 541 g/mol. The third kappa shape index (κ3) is 4.17. The Morgan fingerprint density at radius 1 is 1.06 bits per heavy atom. The van der Waals surface area contributed by atoms with Gasteiger partial charge >= 0.3 is 0 Å². The Morgan fingerprint density at radius 2 is 1.91 bits per heavy atom. The van der Waals surface area contributed by atoms with E-state index in [1.165, 1.54) is 0 Å². The number of nitrogens with zero attached hydrogens (tertiary/aromatic N) is 2. The van der Waals surface area contributed by atoms with E-state index in [1.54, 1.807) is 12.3 Å². The number of benzene rings is 2. The van der Waals surface area contributed by atoms with Gasteiger partial charge in [0.25, 0.3) is 0 Å². The lowest BCUT2D eigenvalue weighted by molar-refractivity contribution is 0.439. The number of pyridine rings is 1. The van der Waals surface area contributed by atoms with Crippen LogP contribution in [0, 0.1) is 6.92 Å². The molecule has 1 fully saturated rings. The molecule has 0 spiro atoms. The normalized spacial score (nSPS) is 17.9. The van der Waals surface area contributed by atoms with Gasteiger partial charge < -0.3 is 14.6 Å². The highest BCUT2D eigenvalue weighted by atomic mass is 79.9.